The Labute approximate surface area is 210 Å². The van der Waals surface area contributed by atoms with Crippen LogP contribution in [0.5, 0.6) is 5.75 Å². The molecule has 6 heteroatoms. The number of nitrogens with two attached hydrogens (primary N) is 1. The van der Waals surface area contributed by atoms with Crippen LogP contribution in [0.25, 0.3) is 21.7 Å². The number of benzene rings is 2. The first-order chi connectivity index (χ1) is 17.5. The van der Waals surface area contributed by atoms with Crippen molar-refractivity contribution in [2.24, 2.45) is 0 Å². The molecule has 5 aromatic rings. The summed E-state index contributed by atoms with van der Waals surface area (Å²) in [6.07, 6.45) is 8.12. The molecule has 0 amide bonds. The largest absolute Gasteiger partial charge is 0.489 e. The lowest BCUT2D eigenvalue weighted by Crippen LogP contribution is -2.06. The van der Waals surface area contributed by atoms with Crippen LogP contribution in [0.3, 0.4) is 0 Å². The van der Waals surface area contributed by atoms with Crippen molar-refractivity contribution in [2.45, 2.75) is 45.8 Å². The van der Waals surface area contributed by atoms with Crippen LogP contribution in [-0.4, -0.2) is 15.0 Å². The van der Waals surface area contributed by atoms with Gasteiger partial charge in [0.1, 0.15) is 24.0 Å². The summed E-state index contributed by atoms with van der Waals surface area (Å²) in [6.45, 7) is 5.39. The van der Waals surface area contributed by atoms with E-state index in [1.165, 1.54) is 40.5 Å². The Morgan fingerprint density at radius 2 is 1.81 bits per heavy atom. The van der Waals surface area contributed by atoms with Crippen molar-refractivity contribution in [3.05, 3.63) is 94.9 Å². The average molecular weight is 476 g/mol. The number of nitrogen functional groups attached to an aromatic ring is 1. The third kappa shape index (κ3) is 4.42. The van der Waals surface area contributed by atoms with Crippen LogP contribution in [0, 0.1) is 13.8 Å². The van der Waals surface area contributed by atoms with Crippen LogP contribution in [-0.2, 0) is 13.2 Å². The van der Waals surface area contributed by atoms with Gasteiger partial charge in [0, 0.05) is 42.0 Å². The number of ether oxygens (including phenoxy) is 1. The quantitative estimate of drug-likeness (QED) is 0.281. The molecule has 0 saturated heterocycles. The van der Waals surface area contributed by atoms with Gasteiger partial charge in [-0.1, -0.05) is 6.07 Å². The molecule has 1 aliphatic rings. The van der Waals surface area contributed by atoms with Crippen molar-refractivity contribution < 1.29 is 4.74 Å². The molecule has 3 N–H and O–H groups in total. The second-order valence-electron chi connectivity index (χ2n) is 9.68. The SMILES string of the molecule is Cc1cc2c(N)nccc2c(C)c1CNc1cc(OCc2ccc3ncc(C4CC4)cc3c2)ccn1. The van der Waals surface area contributed by atoms with Crippen molar-refractivity contribution in [3.8, 4) is 5.75 Å². The number of aromatic nitrogens is 3. The number of aryl methyl sites for hydroxylation is 2. The molecular formula is C30H29N5O. The van der Waals surface area contributed by atoms with E-state index >= 15 is 0 Å². The summed E-state index contributed by atoms with van der Waals surface area (Å²) in [6, 6.07) is 16.6. The van der Waals surface area contributed by atoms with E-state index in [4.69, 9.17) is 10.5 Å². The molecule has 2 aromatic carbocycles. The first kappa shape index (κ1) is 22.3. The van der Waals surface area contributed by atoms with Crippen LogP contribution < -0.4 is 15.8 Å². The first-order valence-electron chi connectivity index (χ1n) is 12.4. The van der Waals surface area contributed by atoms with Gasteiger partial charge in [0.25, 0.3) is 0 Å². The Morgan fingerprint density at radius 1 is 0.944 bits per heavy atom. The average Bonchev–Trinajstić information content (AvgIpc) is 3.74. The maximum atomic E-state index is 6.12. The van der Waals surface area contributed by atoms with Crippen LogP contribution in [0.1, 0.15) is 46.6 Å². The van der Waals surface area contributed by atoms with Gasteiger partial charge in [0.15, 0.2) is 0 Å². The molecule has 0 aliphatic heterocycles. The summed E-state index contributed by atoms with van der Waals surface area (Å²) in [5, 5.41) is 6.77. The van der Waals surface area contributed by atoms with Crippen molar-refractivity contribution in [1.29, 1.82) is 0 Å². The van der Waals surface area contributed by atoms with Crippen LogP contribution in [0.4, 0.5) is 11.6 Å². The topological polar surface area (TPSA) is 86.0 Å². The summed E-state index contributed by atoms with van der Waals surface area (Å²) < 4.78 is 6.12. The lowest BCUT2D eigenvalue weighted by Gasteiger charge is -2.15. The fourth-order valence-electron chi connectivity index (χ4n) is 4.87. The minimum absolute atomic E-state index is 0.491. The van der Waals surface area contributed by atoms with Crippen molar-refractivity contribution in [3.63, 3.8) is 0 Å². The molecule has 3 heterocycles. The summed E-state index contributed by atoms with van der Waals surface area (Å²) in [5.41, 5.74) is 13.2. The molecule has 6 nitrogen and oxygen atoms in total. The Balaban J connectivity index is 1.15. The van der Waals surface area contributed by atoms with Crippen LogP contribution >= 0.6 is 0 Å². The first-order valence-corrected chi connectivity index (χ1v) is 12.4. The highest BCUT2D eigenvalue weighted by Crippen LogP contribution is 2.40. The fraction of sp³-hybridized carbons (Fsp3) is 0.233. The lowest BCUT2D eigenvalue weighted by atomic mass is 9.96. The molecule has 0 spiro atoms. The molecule has 1 saturated carbocycles. The number of anilines is 2. The molecule has 0 unspecified atom stereocenters. The van der Waals surface area contributed by atoms with Crippen LogP contribution in [0.15, 0.2) is 67.1 Å². The fourth-order valence-corrected chi connectivity index (χ4v) is 4.87. The van der Waals surface area contributed by atoms with Crippen molar-refractivity contribution in [2.75, 3.05) is 11.1 Å². The van der Waals surface area contributed by atoms with E-state index < -0.39 is 0 Å². The predicted octanol–water partition coefficient (Wildman–Crippen LogP) is 6.45. The van der Waals surface area contributed by atoms with E-state index in [0.717, 1.165) is 33.4 Å². The van der Waals surface area contributed by atoms with E-state index in [9.17, 15) is 0 Å². The Hall–Kier alpha value is -4.19. The number of nitrogens with one attached hydrogen (secondary N) is 1. The van der Waals surface area contributed by atoms with Gasteiger partial charge in [-0.05, 0) is 102 Å². The highest BCUT2D eigenvalue weighted by molar-refractivity contribution is 5.94. The lowest BCUT2D eigenvalue weighted by molar-refractivity contribution is 0.306. The summed E-state index contributed by atoms with van der Waals surface area (Å²) in [7, 11) is 0. The van der Waals surface area contributed by atoms with Gasteiger partial charge >= 0.3 is 0 Å². The summed E-state index contributed by atoms with van der Waals surface area (Å²) in [4.78, 5) is 13.3. The zero-order valence-electron chi connectivity index (χ0n) is 20.6. The highest BCUT2D eigenvalue weighted by Gasteiger charge is 2.23. The minimum atomic E-state index is 0.491. The van der Waals surface area contributed by atoms with E-state index in [0.29, 0.717) is 24.9 Å². The normalized spacial score (nSPS) is 13.3. The van der Waals surface area contributed by atoms with Gasteiger partial charge in [0.05, 0.1) is 5.52 Å². The van der Waals surface area contributed by atoms with E-state index in [1.807, 2.05) is 24.4 Å². The summed E-state index contributed by atoms with van der Waals surface area (Å²) in [5.74, 6) is 2.82. The maximum absolute atomic E-state index is 6.12. The van der Waals surface area contributed by atoms with Gasteiger partial charge in [-0.15, -0.1) is 0 Å². The predicted molar refractivity (Wildman–Crippen MR) is 145 cm³/mol. The monoisotopic (exact) mass is 475 g/mol. The molecule has 0 bridgehead atoms. The van der Waals surface area contributed by atoms with Crippen molar-refractivity contribution >= 4 is 33.3 Å². The van der Waals surface area contributed by atoms with Crippen molar-refractivity contribution in [1.82, 2.24) is 15.0 Å². The third-order valence-electron chi connectivity index (χ3n) is 7.11. The Bertz CT molecular complexity index is 1590. The number of fused-ring (bicyclic) bond motifs is 2. The van der Waals surface area contributed by atoms with E-state index in [1.54, 1.807) is 12.4 Å². The number of hydrogen-bond acceptors (Lipinski definition) is 6. The number of nitrogens with zero attached hydrogens (tertiary/aromatic N) is 3. The maximum Gasteiger partial charge on any atom is 0.131 e. The molecule has 1 aliphatic carbocycles. The molecule has 36 heavy (non-hydrogen) atoms. The Morgan fingerprint density at radius 3 is 2.67 bits per heavy atom. The molecular weight excluding hydrogens is 446 g/mol. The third-order valence-corrected chi connectivity index (χ3v) is 7.11. The zero-order valence-corrected chi connectivity index (χ0v) is 20.6. The number of rotatable bonds is 7. The number of pyridine rings is 3. The molecule has 1 fully saturated rings. The van der Waals surface area contributed by atoms with E-state index in [2.05, 4.69) is 64.4 Å². The van der Waals surface area contributed by atoms with Gasteiger partial charge in [-0.3, -0.25) is 4.98 Å². The smallest absolute Gasteiger partial charge is 0.131 e. The molecule has 0 atom stereocenters. The highest BCUT2D eigenvalue weighted by atomic mass is 16.5. The van der Waals surface area contributed by atoms with E-state index in [-0.39, 0.29) is 0 Å². The second-order valence-corrected chi connectivity index (χ2v) is 9.68. The van der Waals surface area contributed by atoms with Gasteiger partial charge in [0.2, 0.25) is 0 Å². The molecule has 3 aromatic heterocycles. The minimum Gasteiger partial charge on any atom is -0.489 e. The molecule has 180 valence electrons. The Kier molecular flexibility index (Phi) is 5.64. The zero-order chi connectivity index (χ0) is 24.6. The molecule has 6 rings (SSSR count). The van der Waals surface area contributed by atoms with Crippen LogP contribution in [0.2, 0.25) is 0 Å². The van der Waals surface area contributed by atoms with Gasteiger partial charge < -0.3 is 15.8 Å². The second kappa shape index (κ2) is 9.11. The van der Waals surface area contributed by atoms with Gasteiger partial charge in [-0.25, -0.2) is 9.97 Å². The standard InChI is InChI=1S/C30H29N5O/c1-18-11-26-25(8-10-33-30(26)31)19(2)27(18)16-35-29-14-24(7-9-32-29)36-17-20-3-6-28-22(12-20)13-23(15-34-28)21-4-5-21/h3,6-15,21H,4-5,16-17H2,1-2H3,(H2,31,33)(H,32,35). The summed E-state index contributed by atoms with van der Waals surface area (Å²) >= 11 is 0. The molecule has 0 radical (unpaired) electrons. The van der Waals surface area contributed by atoms with Gasteiger partial charge in [-0.2, -0.15) is 0 Å². The number of hydrogen-bond donors (Lipinski definition) is 2.